The highest BCUT2D eigenvalue weighted by molar-refractivity contribution is 5.36. The number of ether oxygens (including phenoxy) is 1. The summed E-state index contributed by atoms with van der Waals surface area (Å²) in [6, 6.07) is 8.70. The largest absolute Gasteiger partial charge is 0.494 e. The van der Waals surface area contributed by atoms with Crippen LogP contribution in [-0.2, 0) is 0 Å². The molecule has 0 saturated heterocycles. The molecule has 0 heterocycles. The highest BCUT2D eigenvalue weighted by atomic mass is 16.5. The maximum absolute atomic E-state index is 6.44. The number of benzene rings is 1. The third-order valence-corrected chi connectivity index (χ3v) is 3.97. The minimum absolute atomic E-state index is 0.0129. The molecule has 1 unspecified atom stereocenters. The van der Waals surface area contributed by atoms with Crippen molar-refractivity contribution in [3.8, 4) is 5.75 Å². The quantitative estimate of drug-likeness (QED) is 0.792. The lowest BCUT2D eigenvalue weighted by Gasteiger charge is -2.30. The van der Waals surface area contributed by atoms with E-state index in [0.29, 0.717) is 12.6 Å². The van der Waals surface area contributed by atoms with Gasteiger partial charge < -0.3 is 10.5 Å². The van der Waals surface area contributed by atoms with Crippen molar-refractivity contribution < 1.29 is 4.74 Å². The number of para-hydroxylation sites is 1. The Kier molecular flexibility index (Phi) is 5.44. The predicted molar refractivity (Wildman–Crippen MR) is 84.0 cm³/mol. The van der Waals surface area contributed by atoms with Gasteiger partial charge in [-0.15, -0.1) is 0 Å². The molecule has 3 nitrogen and oxygen atoms in total. The van der Waals surface area contributed by atoms with Crippen molar-refractivity contribution in [3.63, 3.8) is 0 Å². The molecule has 0 radical (unpaired) electrons. The van der Waals surface area contributed by atoms with E-state index in [2.05, 4.69) is 24.8 Å². The van der Waals surface area contributed by atoms with E-state index in [4.69, 9.17) is 10.5 Å². The van der Waals surface area contributed by atoms with Gasteiger partial charge in [0.25, 0.3) is 0 Å². The van der Waals surface area contributed by atoms with E-state index in [1.807, 2.05) is 25.1 Å². The van der Waals surface area contributed by atoms with E-state index < -0.39 is 0 Å². The Labute approximate surface area is 123 Å². The number of hydrogen-bond donors (Lipinski definition) is 1. The Balaban J connectivity index is 2.03. The molecule has 0 bridgehead atoms. The summed E-state index contributed by atoms with van der Waals surface area (Å²) in [5, 5.41) is 0. The SMILES string of the molecule is CCOc1ccccc1C(N)CN(CC1CC1)C(C)C. The molecular formula is C17H28N2O. The second-order valence-electron chi connectivity index (χ2n) is 6.07. The normalized spacial score (nSPS) is 16.7. The molecule has 1 aliphatic rings. The molecular weight excluding hydrogens is 248 g/mol. The van der Waals surface area contributed by atoms with Crippen molar-refractivity contribution in [2.75, 3.05) is 19.7 Å². The van der Waals surface area contributed by atoms with Gasteiger partial charge in [-0.25, -0.2) is 0 Å². The van der Waals surface area contributed by atoms with Crippen LogP contribution in [0.1, 0.15) is 45.2 Å². The Morgan fingerprint density at radius 3 is 2.60 bits per heavy atom. The molecule has 1 aliphatic carbocycles. The predicted octanol–water partition coefficient (Wildman–Crippen LogP) is 3.21. The van der Waals surface area contributed by atoms with Crippen molar-refractivity contribution in [2.45, 2.75) is 45.7 Å². The molecule has 20 heavy (non-hydrogen) atoms. The smallest absolute Gasteiger partial charge is 0.124 e. The van der Waals surface area contributed by atoms with Gasteiger partial charge in [0.1, 0.15) is 5.75 Å². The Morgan fingerprint density at radius 2 is 2.00 bits per heavy atom. The van der Waals surface area contributed by atoms with E-state index in [1.54, 1.807) is 0 Å². The summed E-state index contributed by atoms with van der Waals surface area (Å²) in [6.45, 7) is 9.28. The topological polar surface area (TPSA) is 38.5 Å². The van der Waals surface area contributed by atoms with Crippen molar-refractivity contribution in [2.24, 2.45) is 11.7 Å². The number of nitrogens with two attached hydrogens (primary N) is 1. The molecule has 3 heteroatoms. The van der Waals surface area contributed by atoms with Gasteiger partial charge in [0.15, 0.2) is 0 Å². The summed E-state index contributed by atoms with van der Waals surface area (Å²) in [5.41, 5.74) is 7.56. The molecule has 1 saturated carbocycles. The molecule has 0 spiro atoms. The molecule has 0 aromatic heterocycles. The Bertz CT molecular complexity index is 415. The zero-order valence-electron chi connectivity index (χ0n) is 13.0. The zero-order valence-corrected chi connectivity index (χ0v) is 13.0. The number of nitrogens with zero attached hydrogens (tertiary/aromatic N) is 1. The minimum atomic E-state index is 0.0129. The van der Waals surface area contributed by atoms with Crippen LogP contribution in [-0.4, -0.2) is 30.6 Å². The lowest BCUT2D eigenvalue weighted by molar-refractivity contribution is 0.198. The summed E-state index contributed by atoms with van der Waals surface area (Å²) in [5.74, 6) is 1.82. The van der Waals surface area contributed by atoms with Crippen LogP contribution < -0.4 is 10.5 Å². The highest BCUT2D eigenvalue weighted by Crippen LogP contribution is 2.31. The van der Waals surface area contributed by atoms with E-state index in [0.717, 1.165) is 23.8 Å². The van der Waals surface area contributed by atoms with Gasteiger partial charge in [-0.2, -0.15) is 0 Å². The van der Waals surface area contributed by atoms with Gasteiger partial charge >= 0.3 is 0 Å². The minimum Gasteiger partial charge on any atom is -0.494 e. The van der Waals surface area contributed by atoms with Gasteiger partial charge in [0, 0.05) is 30.7 Å². The fraction of sp³-hybridized carbons (Fsp3) is 0.647. The van der Waals surface area contributed by atoms with Crippen LogP contribution in [0.5, 0.6) is 5.75 Å². The fourth-order valence-corrected chi connectivity index (χ4v) is 2.55. The van der Waals surface area contributed by atoms with Crippen molar-refractivity contribution in [1.82, 2.24) is 4.90 Å². The van der Waals surface area contributed by atoms with Gasteiger partial charge in [0.05, 0.1) is 6.61 Å². The average molecular weight is 276 g/mol. The number of hydrogen-bond acceptors (Lipinski definition) is 3. The third kappa shape index (κ3) is 4.22. The zero-order chi connectivity index (χ0) is 14.5. The molecule has 112 valence electrons. The van der Waals surface area contributed by atoms with Gasteiger partial charge in [-0.3, -0.25) is 4.90 Å². The van der Waals surface area contributed by atoms with E-state index in [1.165, 1.54) is 19.4 Å². The van der Waals surface area contributed by atoms with Gasteiger partial charge in [-0.05, 0) is 45.6 Å². The van der Waals surface area contributed by atoms with Crippen LogP contribution in [0, 0.1) is 5.92 Å². The van der Waals surface area contributed by atoms with Crippen LogP contribution in [0.15, 0.2) is 24.3 Å². The van der Waals surface area contributed by atoms with E-state index in [9.17, 15) is 0 Å². The second-order valence-corrected chi connectivity index (χ2v) is 6.07. The van der Waals surface area contributed by atoms with E-state index >= 15 is 0 Å². The standard InChI is InChI=1S/C17H28N2O/c1-4-20-17-8-6-5-7-15(17)16(18)12-19(13(2)3)11-14-9-10-14/h5-8,13-14,16H,4,9-12,18H2,1-3H3. The van der Waals surface area contributed by atoms with Crippen LogP contribution in [0.4, 0.5) is 0 Å². The first kappa shape index (κ1) is 15.3. The maximum Gasteiger partial charge on any atom is 0.124 e. The van der Waals surface area contributed by atoms with Crippen LogP contribution in [0.2, 0.25) is 0 Å². The molecule has 2 rings (SSSR count). The fourth-order valence-electron chi connectivity index (χ4n) is 2.55. The van der Waals surface area contributed by atoms with Crippen molar-refractivity contribution in [1.29, 1.82) is 0 Å². The first-order valence-corrected chi connectivity index (χ1v) is 7.83. The monoisotopic (exact) mass is 276 g/mol. The first-order chi connectivity index (χ1) is 9.61. The summed E-state index contributed by atoms with van der Waals surface area (Å²) in [7, 11) is 0. The molecule has 1 fully saturated rings. The van der Waals surface area contributed by atoms with E-state index in [-0.39, 0.29) is 6.04 Å². The van der Waals surface area contributed by atoms with Gasteiger partial charge in [0.2, 0.25) is 0 Å². The van der Waals surface area contributed by atoms with Crippen molar-refractivity contribution >= 4 is 0 Å². The van der Waals surface area contributed by atoms with Gasteiger partial charge in [-0.1, -0.05) is 18.2 Å². The van der Waals surface area contributed by atoms with Crippen LogP contribution >= 0.6 is 0 Å². The van der Waals surface area contributed by atoms with Crippen LogP contribution in [0.25, 0.3) is 0 Å². The average Bonchev–Trinajstić information content (AvgIpc) is 3.22. The molecule has 1 aromatic carbocycles. The third-order valence-electron chi connectivity index (χ3n) is 3.97. The summed E-state index contributed by atoms with van der Waals surface area (Å²) < 4.78 is 5.70. The molecule has 0 aliphatic heterocycles. The first-order valence-electron chi connectivity index (χ1n) is 7.83. The summed E-state index contributed by atoms with van der Waals surface area (Å²) >= 11 is 0. The lowest BCUT2D eigenvalue weighted by Crippen LogP contribution is -2.38. The second kappa shape index (κ2) is 7.09. The molecule has 1 aromatic rings. The highest BCUT2D eigenvalue weighted by Gasteiger charge is 2.27. The lowest BCUT2D eigenvalue weighted by atomic mass is 10.0. The summed E-state index contributed by atoms with van der Waals surface area (Å²) in [4.78, 5) is 2.51. The van der Waals surface area contributed by atoms with Crippen molar-refractivity contribution in [3.05, 3.63) is 29.8 Å². The molecule has 1 atom stereocenters. The Morgan fingerprint density at radius 1 is 1.30 bits per heavy atom. The Hall–Kier alpha value is -1.06. The number of rotatable bonds is 8. The van der Waals surface area contributed by atoms with Crippen LogP contribution in [0.3, 0.4) is 0 Å². The molecule has 2 N–H and O–H groups in total. The summed E-state index contributed by atoms with van der Waals surface area (Å²) in [6.07, 6.45) is 2.77. The molecule has 0 amide bonds. The maximum atomic E-state index is 6.44.